The minimum atomic E-state index is -0.268. The maximum atomic E-state index is 12.8. The zero-order chi connectivity index (χ0) is 20.5. The second kappa shape index (κ2) is 7.57. The molecule has 0 fully saturated rings. The Morgan fingerprint density at radius 2 is 1.69 bits per heavy atom. The van der Waals surface area contributed by atoms with Crippen LogP contribution in [0.2, 0.25) is 5.02 Å². The number of hydrogen-bond donors (Lipinski definition) is 1. The van der Waals surface area contributed by atoms with E-state index in [0.29, 0.717) is 32.6 Å². The van der Waals surface area contributed by atoms with E-state index in [4.69, 9.17) is 16.0 Å². The average Bonchev–Trinajstić information content (AvgIpc) is 2.69. The van der Waals surface area contributed by atoms with Gasteiger partial charge in [0.25, 0.3) is 0 Å². The third-order valence-corrected chi connectivity index (χ3v) is 5.13. The Bertz CT molecular complexity index is 1330. The first-order valence-electron chi connectivity index (χ1n) is 9.13. The number of nitrogens with one attached hydrogen (secondary N) is 1. The normalized spacial score (nSPS) is 11.4. The van der Waals surface area contributed by atoms with Crippen molar-refractivity contribution in [1.29, 1.82) is 0 Å². The predicted molar refractivity (Wildman–Crippen MR) is 119 cm³/mol. The monoisotopic (exact) mass is 403 g/mol. The molecule has 5 heteroatoms. The Balaban J connectivity index is 1.63. The molecule has 0 aliphatic rings. The van der Waals surface area contributed by atoms with Gasteiger partial charge in [-0.15, -0.1) is 0 Å². The molecule has 0 spiro atoms. The van der Waals surface area contributed by atoms with Crippen LogP contribution in [0.1, 0.15) is 16.7 Å². The lowest BCUT2D eigenvalue weighted by Crippen LogP contribution is -2.08. The smallest absolute Gasteiger partial charge is 0.248 e. The van der Waals surface area contributed by atoms with Crippen LogP contribution in [0.15, 0.2) is 69.9 Å². The summed E-state index contributed by atoms with van der Waals surface area (Å²) in [7, 11) is 0. The summed E-state index contributed by atoms with van der Waals surface area (Å²) in [5.74, 6) is -0.268. The second-order valence-corrected chi connectivity index (χ2v) is 7.38. The Morgan fingerprint density at radius 3 is 2.45 bits per heavy atom. The van der Waals surface area contributed by atoms with Crippen LogP contribution in [0.25, 0.3) is 28.0 Å². The number of amides is 1. The first kappa shape index (κ1) is 19.0. The van der Waals surface area contributed by atoms with Crippen LogP contribution in [0.4, 0.5) is 5.69 Å². The first-order valence-corrected chi connectivity index (χ1v) is 9.51. The molecular weight excluding hydrogens is 386 g/mol. The lowest BCUT2D eigenvalue weighted by molar-refractivity contribution is -0.111. The molecule has 4 nitrogen and oxygen atoms in total. The summed E-state index contributed by atoms with van der Waals surface area (Å²) in [5.41, 5.74) is 4.19. The van der Waals surface area contributed by atoms with Crippen LogP contribution in [-0.2, 0) is 4.79 Å². The molecule has 0 unspecified atom stereocenters. The minimum absolute atomic E-state index is 0.153. The zero-order valence-electron chi connectivity index (χ0n) is 16.0. The van der Waals surface area contributed by atoms with Gasteiger partial charge in [0, 0.05) is 22.9 Å². The fraction of sp³-hybridized carbons (Fsp3) is 0.0833. The molecule has 144 valence electrons. The van der Waals surface area contributed by atoms with E-state index < -0.39 is 0 Å². The summed E-state index contributed by atoms with van der Waals surface area (Å²) in [6.07, 6.45) is 3.22. The molecule has 0 saturated heterocycles. The minimum Gasteiger partial charge on any atom is -0.456 e. The van der Waals surface area contributed by atoms with Crippen molar-refractivity contribution in [3.63, 3.8) is 0 Å². The molecule has 1 heterocycles. The molecule has 0 aliphatic carbocycles. The molecule has 1 aromatic heterocycles. The van der Waals surface area contributed by atoms with E-state index in [-0.39, 0.29) is 11.3 Å². The van der Waals surface area contributed by atoms with E-state index >= 15 is 0 Å². The van der Waals surface area contributed by atoms with Gasteiger partial charge in [-0.3, -0.25) is 9.59 Å². The lowest BCUT2D eigenvalue weighted by Gasteiger charge is -2.06. The quantitative estimate of drug-likeness (QED) is 0.344. The number of fused-ring (bicyclic) bond motifs is 2. The number of carbonyl (C=O) groups excluding carboxylic acids is 1. The Labute approximate surface area is 172 Å². The van der Waals surface area contributed by atoms with Gasteiger partial charge in [-0.05, 0) is 55.3 Å². The number of carbonyl (C=O) groups is 1. The highest BCUT2D eigenvalue weighted by atomic mass is 35.5. The lowest BCUT2D eigenvalue weighted by atomic mass is 10.1. The van der Waals surface area contributed by atoms with E-state index in [1.165, 1.54) is 6.08 Å². The van der Waals surface area contributed by atoms with Gasteiger partial charge in [0.15, 0.2) is 0 Å². The van der Waals surface area contributed by atoms with Crippen molar-refractivity contribution < 1.29 is 9.21 Å². The fourth-order valence-electron chi connectivity index (χ4n) is 3.09. The topological polar surface area (TPSA) is 59.3 Å². The van der Waals surface area contributed by atoms with E-state index in [0.717, 1.165) is 16.7 Å². The van der Waals surface area contributed by atoms with Crippen LogP contribution in [0.5, 0.6) is 0 Å². The molecule has 1 N–H and O–H groups in total. The van der Waals surface area contributed by atoms with Crippen molar-refractivity contribution in [2.75, 3.05) is 5.32 Å². The van der Waals surface area contributed by atoms with Crippen LogP contribution in [0, 0.1) is 13.8 Å². The van der Waals surface area contributed by atoms with Gasteiger partial charge in [-0.2, -0.15) is 0 Å². The van der Waals surface area contributed by atoms with Crippen molar-refractivity contribution in [3.05, 3.63) is 92.6 Å². The molecule has 0 bridgehead atoms. The summed E-state index contributed by atoms with van der Waals surface area (Å²) in [6.45, 7) is 3.86. The zero-order valence-corrected chi connectivity index (χ0v) is 16.7. The number of benzene rings is 3. The van der Waals surface area contributed by atoms with Crippen molar-refractivity contribution in [2.45, 2.75) is 13.8 Å². The highest BCUT2D eigenvalue weighted by Gasteiger charge is 2.11. The maximum absolute atomic E-state index is 12.8. The van der Waals surface area contributed by atoms with Crippen molar-refractivity contribution in [2.24, 2.45) is 0 Å². The Morgan fingerprint density at radius 1 is 0.966 bits per heavy atom. The fourth-order valence-corrected chi connectivity index (χ4v) is 3.25. The molecular formula is C24H18ClNO3. The van der Waals surface area contributed by atoms with E-state index in [1.54, 1.807) is 36.4 Å². The largest absolute Gasteiger partial charge is 0.456 e. The van der Waals surface area contributed by atoms with Gasteiger partial charge < -0.3 is 9.73 Å². The van der Waals surface area contributed by atoms with Gasteiger partial charge in [-0.25, -0.2) is 0 Å². The van der Waals surface area contributed by atoms with Gasteiger partial charge in [0.05, 0.1) is 10.8 Å². The van der Waals surface area contributed by atoms with Crippen LogP contribution in [-0.4, -0.2) is 5.91 Å². The summed E-state index contributed by atoms with van der Waals surface area (Å²) in [4.78, 5) is 25.0. The van der Waals surface area contributed by atoms with Crippen molar-refractivity contribution >= 4 is 51.2 Å². The molecule has 3 aromatic carbocycles. The molecule has 0 saturated carbocycles. The van der Waals surface area contributed by atoms with Crippen LogP contribution < -0.4 is 10.7 Å². The first-order chi connectivity index (χ1) is 13.9. The van der Waals surface area contributed by atoms with E-state index in [2.05, 4.69) is 5.32 Å². The Kier molecular flexibility index (Phi) is 4.95. The third-order valence-electron chi connectivity index (χ3n) is 4.72. The summed E-state index contributed by atoms with van der Waals surface area (Å²) < 4.78 is 5.90. The van der Waals surface area contributed by atoms with Gasteiger partial charge >= 0.3 is 0 Å². The molecule has 4 rings (SSSR count). The average molecular weight is 404 g/mol. The highest BCUT2D eigenvalue weighted by molar-refractivity contribution is 6.32. The standard InChI is InChI=1S/C24H18ClNO3/c1-14-3-5-16(6-4-14)7-10-23(27)26-17-8-9-18-22(12-17)29-21-11-15(2)20(25)13-19(21)24(18)28/h3-13H,1-2H3,(H,26,27)/b10-7+. The Hall–Kier alpha value is -3.37. The van der Waals surface area contributed by atoms with E-state index in [1.807, 2.05) is 38.1 Å². The van der Waals surface area contributed by atoms with E-state index in [9.17, 15) is 9.59 Å². The SMILES string of the molecule is Cc1ccc(/C=C/C(=O)Nc2ccc3c(=O)c4cc(Cl)c(C)cc4oc3c2)cc1. The van der Waals surface area contributed by atoms with Crippen molar-refractivity contribution in [1.82, 2.24) is 0 Å². The molecule has 0 atom stereocenters. The molecule has 1 amide bonds. The molecule has 4 aromatic rings. The number of halogens is 1. The number of rotatable bonds is 3. The van der Waals surface area contributed by atoms with Gasteiger partial charge in [0.2, 0.25) is 11.3 Å². The highest BCUT2D eigenvalue weighted by Crippen LogP contribution is 2.26. The third kappa shape index (κ3) is 3.93. The number of anilines is 1. The molecule has 0 radical (unpaired) electrons. The number of aryl methyl sites for hydroxylation is 2. The summed E-state index contributed by atoms with van der Waals surface area (Å²) >= 11 is 6.14. The molecule has 0 aliphatic heterocycles. The maximum Gasteiger partial charge on any atom is 0.248 e. The van der Waals surface area contributed by atoms with Crippen LogP contribution in [0.3, 0.4) is 0 Å². The number of hydrogen-bond acceptors (Lipinski definition) is 3. The van der Waals surface area contributed by atoms with Gasteiger partial charge in [-0.1, -0.05) is 41.4 Å². The van der Waals surface area contributed by atoms with Crippen molar-refractivity contribution in [3.8, 4) is 0 Å². The summed E-state index contributed by atoms with van der Waals surface area (Å²) in [6, 6.07) is 16.2. The summed E-state index contributed by atoms with van der Waals surface area (Å²) in [5, 5.41) is 4.19. The second-order valence-electron chi connectivity index (χ2n) is 6.97. The predicted octanol–water partition coefficient (Wildman–Crippen LogP) is 5.87. The van der Waals surface area contributed by atoms with Gasteiger partial charge in [0.1, 0.15) is 11.2 Å². The molecule has 29 heavy (non-hydrogen) atoms. The van der Waals surface area contributed by atoms with Crippen LogP contribution >= 0.6 is 11.6 Å².